The maximum absolute atomic E-state index is 5.86. The summed E-state index contributed by atoms with van der Waals surface area (Å²) in [5.74, 6) is 1.62. The molecule has 0 amide bonds. The van der Waals surface area contributed by atoms with Gasteiger partial charge < -0.3 is 14.9 Å². The second-order valence-electron chi connectivity index (χ2n) is 3.46. The summed E-state index contributed by atoms with van der Waals surface area (Å²) in [6.45, 7) is 2.30. The van der Waals surface area contributed by atoms with Gasteiger partial charge in [0.2, 0.25) is 5.89 Å². The molecule has 17 heavy (non-hydrogen) atoms. The molecular weight excluding hydrogens is 242 g/mol. The second-order valence-corrected chi connectivity index (χ2v) is 3.90. The van der Waals surface area contributed by atoms with Crippen LogP contribution in [0.4, 0.5) is 0 Å². The van der Waals surface area contributed by atoms with Gasteiger partial charge in [-0.3, -0.25) is 0 Å². The number of benzene rings is 1. The van der Waals surface area contributed by atoms with Gasteiger partial charge >= 0.3 is 0 Å². The molecule has 1 aromatic carbocycles. The highest BCUT2D eigenvalue weighted by molar-refractivity contribution is 6.30. The van der Waals surface area contributed by atoms with Gasteiger partial charge in [0, 0.05) is 24.1 Å². The topological polar surface area (TPSA) is 74.2 Å². The fourth-order valence-electron chi connectivity index (χ4n) is 1.38. The van der Waals surface area contributed by atoms with Gasteiger partial charge in [-0.25, -0.2) is 0 Å². The third-order valence-electron chi connectivity index (χ3n) is 2.16. The van der Waals surface area contributed by atoms with Gasteiger partial charge in [0.05, 0.1) is 0 Å². The standard InChI is InChI=1S/C11H12ClN3O2/c1-7-14-15-11(17-7)6-16-10-3-2-9(12)4-8(10)5-13/h2-4H,5-6,13H2,1H3. The number of ether oxygens (including phenoxy) is 1. The first kappa shape index (κ1) is 11.9. The number of nitrogens with two attached hydrogens (primary N) is 1. The summed E-state index contributed by atoms with van der Waals surface area (Å²) in [7, 11) is 0. The average Bonchev–Trinajstić information content (AvgIpc) is 2.73. The van der Waals surface area contributed by atoms with E-state index in [-0.39, 0.29) is 6.61 Å². The molecule has 0 aliphatic carbocycles. The molecular formula is C11H12ClN3O2. The van der Waals surface area contributed by atoms with Gasteiger partial charge in [-0.15, -0.1) is 10.2 Å². The first-order valence-electron chi connectivity index (χ1n) is 5.09. The molecule has 0 aliphatic heterocycles. The zero-order chi connectivity index (χ0) is 12.3. The molecule has 0 bridgehead atoms. The fourth-order valence-corrected chi connectivity index (χ4v) is 1.58. The van der Waals surface area contributed by atoms with Gasteiger partial charge in [0.15, 0.2) is 6.61 Å². The van der Waals surface area contributed by atoms with Gasteiger partial charge in [0.25, 0.3) is 5.89 Å². The number of aromatic nitrogens is 2. The van der Waals surface area contributed by atoms with Crippen LogP contribution in [0.3, 0.4) is 0 Å². The summed E-state index contributed by atoms with van der Waals surface area (Å²) >= 11 is 5.86. The predicted octanol–water partition coefficient (Wildman–Crippen LogP) is 2.07. The monoisotopic (exact) mass is 253 g/mol. The largest absolute Gasteiger partial charge is 0.483 e. The van der Waals surface area contributed by atoms with Crippen molar-refractivity contribution in [2.75, 3.05) is 0 Å². The Morgan fingerprint density at radius 3 is 2.88 bits per heavy atom. The van der Waals surface area contributed by atoms with Gasteiger partial charge in [-0.05, 0) is 18.2 Å². The summed E-state index contributed by atoms with van der Waals surface area (Å²) in [4.78, 5) is 0. The zero-order valence-corrected chi connectivity index (χ0v) is 10.1. The van der Waals surface area contributed by atoms with Crippen molar-refractivity contribution in [3.05, 3.63) is 40.6 Å². The Hall–Kier alpha value is -1.59. The highest BCUT2D eigenvalue weighted by Crippen LogP contribution is 2.23. The van der Waals surface area contributed by atoms with Crippen molar-refractivity contribution in [3.8, 4) is 5.75 Å². The Bertz CT molecular complexity index is 513. The smallest absolute Gasteiger partial charge is 0.253 e. The van der Waals surface area contributed by atoms with E-state index in [1.165, 1.54) is 0 Å². The molecule has 0 spiro atoms. The van der Waals surface area contributed by atoms with Crippen LogP contribution in [0.2, 0.25) is 5.02 Å². The number of rotatable bonds is 4. The third-order valence-corrected chi connectivity index (χ3v) is 2.40. The zero-order valence-electron chi connectivity index (χ0n) is 9.31. The van der Waals surface area contributed by atoms with Crippen LogP contribution in [0.15, 0.2) is 22.6 Å². The minimum atomic E-state index is 0.218. The van der Waals surface area contributed by atoms with Crippen molar-refractivity contribution in [3.63, 3.8) is 0 Å². The molecule has 2 aromatic rings. The summed E-state index contributed by atoms with van der Waals surface area (Å²) in [6.07, 6.45) is 0. The molecule has 0 unspecified atom stereocenters. The summed E-state index contributed by atoms with van der Waals surface area (Å²) < 4.78 is 10.7. The first-order valence-corrected chi connectivity index (χ1v) is 5.47. The van der Waals surface area contributed by atoms with Crippen molar-refractivity contribution < 1.29 is 9.15 Å². The molecule has 0 aliphatic rings. The summed E-state index contributed by atoms with van der Waals surface area (Å²) in [6, 6.07) is 5.29. The lowest BCUT2D eigenvalue weighted by atomic mass is 10.2. The molecule has 2 rings (SSSR count). The fraction of sp³-hybridized carbons (Fsp3) is 0.273. The highest BCUT2D eigenvalue weighted by Gasteiger charge is 2.06. The van der Waals surface area contributed by atoms with Crippen LogP contribution in [0, 0.1) is 6.92 Å². The Labute approximate surface area is 104 Å². The van der Waals surface area contributed by atoms with Crippen LogP contribution in [0.1, 0.15) is 17.3 Å². The number of halogens is 1. The highest BCUT2D eigenvalue weighted by atomic mass is 35.5. The molecule has 90 valence electrons. The van der Waals surface area contributed by atoms with E-state index >= 15 is 0 Å². The molecule has 1 heterocycles. The van der Waals surface area contributed by atoms with Gasteiger partial charge in [0.1, 0.15) is 5.75 Å². The molecule has 1 aromatic heterocycles. The predicted molar refractivity (Wildman–Crippen MR) is 62.7 cm³/mol. The number of aryl methyl sites for hydroxylation is 1. The van der Waals surface area contributed by atoms with Gasteiger partial charge in [-0.2, -0.15) is 0 Å². The maximum atomic E-state index is 5.86. The lowest BCUT2D eigenvalue weighted by Crippen LogP contribution is -2.03. The van der Waals surface area contributed by atoms with Crippen LogP contribution in [-0.2, 0) is 13.2 Å². The van der Waals surface area contributed by atoms with Crippen LogP contribution >= 0.6 is 11.6 Å². The lowest BCUT2D eigenvalue weighted by Gasteiger charge is -2.08. The van der Waals surface area contributed by atoms with E-state index in [1.807, 2.05) is 0 Å². The van der Waals surface area contributed by atoms with Crippen molar-refractivity contribution in [1.82, 2.24) is 10.2 Å². The van der Waals surface area contributed by atoms with Gasteiger partial charge in [-0.1, -0.05) is 11.6 Å². The van der Waals surface area contributed by atoms with E-state index in [0.29, 0.717) is 29.1 Å². The maximum Gasteiger partial charge on any atom is 0.253 e. The molecule has 0 fully saturated rings. The Balaban J connectivity index is 2.08. The van der Waals surface area contributed by atoms with Crippen LogP contribution in [0.5, 0.6) is 5.75 Å². The van der Waals surface area contributed by atoms with E-state index in [1.54, 1.807) is 25.1 Å². The molecule has 0 saturated carbocycles. The SMILES string of the molecule is Cc1nnc(COc2ccc(Cl)cc2CN)o1. The van der Waals surface area contributed by atoms with E-state index in [2.05, 4.69) is 10.2 Å². The third kappa shape index (κ3) is 2.95. The van der Waals surface area contributed by atoms with Crippen LogP contribution < -0.4 is 10.5 Å². The Kier molecular flexibility index (Phi) is 3.61. The minimum absolute atomic E-state index is 0.218. The molecule has 0 radical (unpaired) electrons. The molecule has 0 saturated heterocycles. The molecule has 5 nitrogen and oxygen atoms in total. The van der Waals surface area contributed by atoms with Crippen molar-refractivity contribution in [1.29, 1.82) is 0 Å². The van der Waals surface area contributed by atoms with Crippen molar-refractivity contribution >= 4 is 11.6 Å². The van der Waals surface area contributed by atoms with E-state index in [4.69, 9.17) is 26.5 Å². The normalized spacial score (nSPS) is 10.5. The lowest BCUT2D eigenvalue weighted by molar-refractivity contribution is 0.258. The van der Waals surface area contributed by atoms with Crippen LogP contribution in [0.25, 0.3) is 0 Å². The van der Waals surface area contributed by atoms with E-state index in [9.17, 15) is 0 Å². The Morgan fingerprint density at radius 1 is 1.41 bits per heavy atom. The summed E-state index contributed by atoms with van der Waals surface area (Å²) in [5, 5.41) is 8.18. The Morgan fingerprint density at radius 2 is 2.24 bits per heavy atom. The van der Waals surface area contributed by atoms with Crippen LogP contribution in [-0.4, -0.2) is 10.2 Å². The average molecular weight is 254 g/mol. The minimum Gasteiger partial charge on any atom is -0.483 e. The quantitative estimate of drug-likeness (QED) is 0.903. The van der Waals surface area contributed by atoms with E-state index < -0.39 is 0 Å². The number of hydrogen-bond acceptors (Lipinski definition) is 5. The number of hydrogen-bond donors (Lipinski definition) is 1. The molecule has 6 heteroatoms. The molecule has 2 N–H and O–H groups in total. The summed E-state index contributed by atoms with van der Waals surface area (Å²) in [5.41, 5.74) is 6.44. The van der Waals surface area contributed by atoms with Crippen molar-refractivity contribution in [2.45, 2.75) is 20.1 Å². The van der Waals surface area contributed by atoms with Crippen molar-refractivity contribution in [2.24, 2.45) is 5.73 Å². The molecule has 0 atom stereocenters. The van der Waals surface area contributed by atoms with E-state index in [0.717, 1.165) is 5.56 Å². The first-order chi connectivity index (χ1) is 8.19. The second kappa shape index (κ2) is 5.16. The number of nitrogens with zero attached hydrogens (tertiary/aromatic N) is 2.